The van der Waals surface area contributed by atoms with Gasteiger partial charge in [0, 0.05) is 3.57 Å². The number of carbonyl (C=O) groups excluding carboxylic acids is 1. The molecule has 0 unspecified atom stereocenters. The third kappa shape index (κ3) is 32.8. The Kier molecular flexibility index (Phi) is 29.5. The third-order valence-corrected chi connectivity index (χ3v) is 2.74. The van der Waals surface area contributed by atoms with E-state index in [9.17, 15) is 9.90 Å². The first kappa shape index (κ1) is 39.4. The van der Waals surface area contributed by atoms with Crippen molar-refractivity contribution in [3.63, 3.8) is 0 Å². The SMILES string of the molecule is NC(=O)c1cc(I)cc(I)c1O.O=P([O-])([O-])[O-].O=P([O-])([O-])[O-].[Ca+2].[Ca+2].[Ca+2]. The van der Waals surface area contributed by atoms with Gasteiger partial charge in [0.2, 0.25) is 0 Å². The van der Waals surface area contributed by atoms with Crippen LogP contribution in [0.5, 0.6) is 5.75 Å². The molecule has 0 fully saturated rings. The van der Waals surface area contributed by atoms with Crippen LogP contribution in [0.25, 0.3) is 0 Å². The average Bonchev–Trinajstić information content (AvgIpc) is 2.18. The van der Waals surface area contributed by atoms with Gasteiger partial charge in [0.05, 0.1) is 9.13 Å². The second kappa shape index (κ2) is 18.7. The minimum absolute atomic E-state index is 0. The van der Waals surface area contributed by atoms with Crippen LogP contribution in [0.15, 0.2) is 12.1 Å². The number of halogens is 2. The first-order valence-corrected chi connectivity index (χ1v) is 9.54. The van der Waals surface area contributed by atoms with Crippen molar-refractivity contribution in [2.75, 3.05) is 0 Å². The van der Waals surface area contributed by atoms with Gasteiger partial charge < -0.3 is 49.3 Å². The summed E-state index contributed by atoms with van der Waals surface area (Å²) in [4.78, 5) is 62.1. The Morgan fingerprint density at radius 2 is 1.20 bits per heavy atom. The van der Waals surface area contributed by atoms with Crippen molar-refractivity contribution in [1.82, 2.24) is 0 Å². The Hall–Kier alpha value is 3.95. The van der Waals surface area contributed by atoms with Gasteiger partial charge in [-0.1, -0.05) is 0 Å². The van der Waals surface area contributed by atoms with Crippen LogP contribution in [0.2, 0.25) is 0 Å². The molecule has 0 aliphatic rings. The van der Waals surface area contributed by atoms with Crippen LogP contribution in [-0.4, -0.2) is 124 Å². The quantitative estimate of drug-likeness (QED) is 0.161. The number of amides is 1. The van der Waals surface area contributed by atoms with Crippen molar-refractivity contribution >= 4 is 180 Å². The van der Waals surface area contributed by atoms with Crippen LogP contribution < -0.4 is 35.1 Å². The van der Waals surface area contributed by atoms with E-state index >= 15 is 0 Å². The number of aromatic hydroxyl groups is 1. The van der Waals surface area contributed by atoms with Crippen LogP contribution in [0, 0.1) is 7.14 Å². The van der Waals surface area contributed by atoms with Gasteiger partial charge in [-0.2, -0.15) is 15.6 Å². The molecule has 0 saturated heterocycles. The smallest absolute Gasteiger partial charge is 0.822 e. The van der Waals surface area contributed by atoms with Gasteiger partial charge in [0.15, 0.2) is 0 Å². The Morgan fingerprint density at radius 3 is 1.44 bits per heavy atom. The number of hydrogen-bond donors (Lipinski definition) is 2. The van der Waals surface area contributed by atoms with E-state index in [1.54, 1.807) is 12.1 Å². The molecule has 0 spiro atoms. The van der Waals surface area contributed by atoms with Crippen LogP contribution in [-0.2, 0) is 9.13 Å². The number of primary amides is 1. The van der Waals surface area contributed by atoms with E-state index in [1.165, 1.54) is 0 Å². The molecule has 0 aliphatic heterocycles. The summed E-state index contributed by atoms with van der Waals surface area (Å²) in [6.45, 7) is 0. The molecule has 1 aromatic rings. The normalized spacial score (nSPS) is 9.44. The molecule has 1 aromatic carbocycles. The number of carbonyl (C=O) groups is 1. The molecule has 0 bridgehead atoms. The zero-order chi connectivity index (χ0) is 18.3. The summed E-state index contributed by atoms with van der Waals surface area (Å²) in [7, 11) is -10.8. The zero-order valence-electron chi connectivity index (χ0n) is 12.1. The predicted octanol–water partition coefficient (Wildman–Crippen LogP) is -5.09. The molecule has 0 aromatic heterocycles. The molecule has 18 heteroatoms. The molecule has 0 aliphatic carbocycles. The standard InChI is InChI=1S/C7H5I2NO2.3Ca.2H3O4P/c8-3-1-4(7(10)12)6(11)5(9)2-3;;;;2*1-5(2,3)4/h1-2,11H,(H2,10,12);;;;2*(H3,1,2,3,4)/q;3*+2;;/p-6. The molecule has 25 heavy (non-hydrogen) atoms. The van der Waals surface area contributed by atoms with Crippen molar-refractivity contribution < 1.29 is 48.4 Å². The molecule has 1 rings (SSSR count). The maximum absolute atomic E-state index is 10.8. The van der Waals surface area contributed by atoms with E-state index in [1.807, 2.05) is 22.6 Å². The van der Waals surface area contributed by atoms with E-state index in [2.05, 4.69) is 22.6 Å². The fourth-order valence-electron chi connectivity index (χ4n) is 0.754. The summed E-state index contributed by atoms with van der Waals surface area (Å²) >= 11 is 4.00. The fraction of sp³-hybridized carbons (Fsp3) is 0. The summed E-state index contributed by atoms with van der Waals surface area (Å²) in [5.41, 5.74) is 5.22. The Morgan fingerprint density at radius 1 is 0.920 bits per heavy atom. The van der Waals surface area contributed by atoms with E-state index in [-0.39, 0.29) is 125 Å². The van der Waals surface area contributed by atoms with Crippen molar-refractivity contribution in [1.29, 1.82) is 0 Å². The van der Waals surface area contributed by atoms with E-state index < -0.39 is 21.6 Å². The molecular formula is C7H5Ca3I2NO10P2. The Labute approximate surface area is 259 Å². The number of nitrogens with two attached hydrogens (primary N) is 1. The predicted molar refractivity (Wildman–Crippen MR) is 94.5 cm³/mol. The molecule has 3 N–H and O–H groups in total. The van der Waals surface area contributed by atoms with E-state index in [0.717, 1.165) is 3.57 Å². The first-order valence-electron chi connectivity index (χ1n) is 4.46. The van der Waals surface area contributed by atoms with Gasteiger partial charge >= 0.3 is 113 Å². The summed E-state index contributed by atoms with van der Waals surface area (Å²) in [5, 5.41) is 9.38. The summed E-state index contributed by atoms with van der Waals surface area (Å²) in [6, 6.07) is 3.32. The Bertz CT molecular complexity index is 588. The second-order valence-electron chi connectivity index (χ2n) is 3.04. The van der Waals surface area contributed by atoms with E-state index in [0.29, 0.717) is 3.57 Å². The average molecular weight is 699 g/mol. The molecular weight excluding hydrogens is 694 g/mol. The van der Waals surface area contributed by atoms with Gasteiger partial charge in [-0.3, -0.25) is 4.79 Å². The molecule has 0 heterocycles. The summed E-state index contributed by atoms with van der Waals surface area (Å²) in [6.07, 6.45) is 0. The van der Waals surface area contributed by atoms with Crippen molar-refractivity contribution in [2.45, 2.75) is 0 Å². The largest absolute Gasteiger partial charge is 2.00 e. The topological polar surface area (TPSA) is 236 Å². The minimum atomic E-state index is -5.39. The van der Waals surface area contributed by atoms with Gasteiger partial charge in [0.1, 0.15) is 5.75 Å². The number of hydrogen-bond acceptors (Lipinski definition) is 10. The van der Waals surface area contributed by atoms with Gasteiger partial charge in [-0.25, -0.2) is 0 Å². The van der Waals surface area contributed by atoms with Gasteiger partial charge in [-0.15, -0.1) is 0 Å². The zero-order valence-corrected chi connectivity index (χ0v) is 24.9. The van der Waals surface area contributed by atoms with Gasteiger partial charge in [-0.05, 0) is 57.3 Å². The number of benzene rings is 1. The molecule has 11 nitrogen and oxygen atoms in total. The summed E-state index contributed by atoms with van der Waals surface area (Å²) < 4.78 is 18.6. The maximum Gasteiger partial charge on any atom is 2.00 e. The summed E-state index contributed by atoms with van der Waals surface area (Å²) in [5.74, 6) is -0.646. The number of rotatable bonds is 1. The number of phosphoric acid groups is 2. The van der Waals surface area contributed by atoms with Crippen LogP contribution in [0.1, 0.15) is 10.4 Å². The monoisotopic (exact) mass is 699 g/mol. The minimum Gasteiger partial charge on any atom is -0.822 e. The molecule has 128 valence electrons. The third-order valence-electron chi connectivity index (χ3n) is 1.29. The van der Waals surface area contributed by atoms with Crippen molar-refractivity contribution in [3.05, 3.63) is 24.8 Å². The van der Waals surface area contributed by atoms with Crippen LogP contribution >= 0.6 is 60.8 Å². The molecule has 0 radical (unpaired) electrons. The molecule has 0 atom stereocenters. The molecule has 0 saturated carbocycles. The first-order chi connectivity index (χ1) is 9.52. The van der Waals surface area contributed by atoms with Crippen molar-refractivity contribution in [3.8, 4) is 5.75 Å². The second-order valence-corrected chi connectivity index (χ2v) is 7.24. The Balaban J connectivity index is -0.0000000882. The van der Waals surface area contributed by atoms with Crippen LogP contribution in [0.4, 0.5) is 0 Å². The molecule has 1 amide bonds. The van der Waals surface area contributed by atoms with Crippen LogP contribution in [0.3, 0.4) is 0 Å². The van der Waals surface area contributed by atoms with Crippen molar-refractivity contribution in [2.24, 2.45) is 5.73 Å². The number of phenols is 1. The van der Waals surface area contributed by atoms with Gasteiger partial charge in [0.25, 0.3) is 5.91 Å². The fourth-order valence-corrected chi connectivity index (χ4v) is 2.60. The van der Waals surface area contributed by atoms with E-state index in [4.69, 9.17) is 44.2 Å². The maximum atomic E-state index is 10.8.